The van der Waals surface area contributed by atoms with Crippen LogP contribution in [0.25, 0.3) is 0 Å². The van der Waals surface area contributed by atoms with E-state index in [1.54, 1.807) is 7.05 Å². The van der Waals surface area contributed by atoms with Crippen LogP contribution in [0.4, 0.5) is 5.69 Å². The Bertz CT molecular complexity index is 438. The van der Waals surface area contributed by atoms with Gasteiger partial charge < -0.3 is 20.3 Å². The lowest BCUT2D eigenvalue weighted by atomic mass is 10.0. The number of hydrogen-bond donors (Lipinski definition) is 3. The number of nitrogens with zero attached hydrogens (tertiary/aromatic N) is 1. The maximum Gasteiger partial charge on any atom is 0.273 e. The number of aliphatic hydroxyl groups is 2. The maximum absolute atomic E-state index is 10.7. The topological polar surface area (TPSA) is 105 Å². The minimum Gasteiger partial charge on any atom is -0.496 e. The number of methoxy groups -OCH3 is 1. The van der Waals surface area contributed by atoms with E-state index < -0.39 is 17.1 Å². The minimum atomic E-state index is -1.15. The van der Waals surface area contributed by atoms with Gasteiger partial charge in [-0.3, -0.25) is 10.1 Å². The third-order valence-corrected chi connectivity index (χ3v) is 2.80. The molecule has 0 aliphatic heterocycles. The van der Waals surface area contributed by atoms with Crippen molar-refractivity contribution in [2.45, 2.75) is 18.6 Å². The molecule has 0 saturated heterocycles. The van der Waals surface area contributed by atoms with Crippen molar-refractivity contribution in [3.63, 3.8) is 0 Å². The highest BCUT2D eigenvalue weighted by molar-refractivity contribution is 5.45. The van der Waals surface area contributed by atoms with Crippen LogP contribution in [0.3, 0.4) is 0 Å². The van der Waals surface area contributed by atoms with Gasteiger partial charge in [-0.25, -0.2) is 0 Å². The zero-order valence-electron chi connectivity index (χ0n) is 10.9. The first-order valence-electron chi connectivity index (χ1n) is 5.84. The summed E-state index contributed by atoms with van der Waals surface area (Å²) in [6.45, 7) is 0.549. The second kappa shape index (κ2) is 7.03. The first kappa shape index (κ1) is 15.4. The number of ether oxygens (including phenoxy) is 1. The van der Waals surface area contributed by atoms with Crippen LogP contribution in [0.15, 0.2) is 18.2 Å². The molecule has 7 nitrogen and oxygen atoms in total. The van der Waals surface area contributed by atoms with Crippen molar-refractivity contribution in [1.29, 1.82) is 0 Å². The van der Waals surface area contributed by atoms with E-state index in [-0.39, 0.29) is 11.4 Å². The van der Waals surface area contributed by atoms with Gasteiger partial charge in [0.2, 0.25) is 0 Å². The van der Waals surface area contributed by atoms with Crippen LogP contribution >= 0.6 is 0 Å². The van der Waals surface area contributed by atoms with E-state index in [2.05, 4.69) is 5.32 Å². The lowest BCUT2D eigenvalue weighted by Crippen LogP contribution is -2.23. The lowest BCUT2D eigenvalue weighted by Gasteiger charge is -2.20. The first-order valence-corrected chi connectivity index (χ1v) is 5.84. The summed E-state index contributed by atoms with van der Waals surface area (Å²) < 4.78 is 5.02. The van der Waals surface area contributed by atoms with Crippen LogP contribution in [-0.4, -0.2) is 41.9 Å². The molecule has 0 spiro atoms. The van der Waals surface area contributed by atoms with Gasteiger partial charge in [0.1, 0.15) is 11.9 Å². The summed E-state index contributed by atoms with van der Waals surface area (Å²) in [5.74, 6) is 0.185. The average molecular weight is 270 g/mol. The predicted octanol–water partition coefficient (Wildman–Crippen LogP) is 0.607. The molecule has 2 unspecified atom stereocenters. The molecule has 1 aromatic rings. The van der Waals surface area contributed by atoms with Gasteiger partial charge in [0.15, 0.2) is 0 Å². The van der Waals surface area contributed by atoms with E-state index in [0.717, 1.165) is 0 Å². The van der Waals surface area contributed by atoms with Gasteiger partial charge in [0.25, 0.3) is 5.69 Å². The van der Waals surface area contributed by atoms with Gasteiger partial charge in [-0.05, 0) is 26.1 Å². The maximum atomic E-state index is 10.7. The number of benzene rings is 1. The van der Waals surface area contributed by atoms with Gasteiger partial charge in [-0.15, -0.1) is 0 Å². The molecule has 1 rings (SSSR count). The molecule has 0 aromatic heterocycles. The monoisotopic (exact) mass is 270 g/mol. The predicted molar refractivity (Wildman–Crippen MR) is 69.2 cm³/mol. The van der Waals surface area contributed by atoms with Crippen LogP contribution in [0.1, 0.15) is 18.1 Å². The summed E-state index contributed by atoms with van der Waals surface area (Å²) in [7, 11) is 3.10. The van der Waals surface area contributed by atoms with E-state index in [1.165, 1.54) is 25.3 Å². The molecule has 0 radical (unpaired) electrons. The fraction of sp³-hybridized carbons (Fsp3) is 0.500. The third kappa shape index (κ3) is 3.88. The molecule has 0 fully saturated rings. The summed E-state index contributed by atoms with van der Waals surface area (Å²) in [5, 5.41) is 33.4. The Hall–Kier alpha value is -1.70. The van der Waals surface area contributed by atoms with Crippen LogP contribution in [0.2, 0.25) is 0 Å². The summed E-state index contributed by atoms with van der Waals surface area (Å²) in [6, 6.07) is 3.89. The van der Waals surface area contributed by atoms with Gasteiger partial charge in [-0.1, -0.05) is 0 Å². The zero-order valence-corrected chi connectivity index (χ0v) is 10.9. The van der Waals surface area contributed by atoms with Gasteiger partial charge in [-0.2, -0.15) is 0 Å². The molecule has 0 aliphatic rings. The standard InChI is InChI=1S/C12H18N2O5/c1-13-6-5-10(15)12(16)9-4-3-8(14(17)18)7-11(9)19-2/h3-4,7,10,12-13,15-16H,5-6H2,1-2H3. The normalized spacial score (nSPS) is 13.9. The van der Waals surface area contributed by atoms with E-state index >= 15 is 0 Å². The van der Waals surface area contributed by atoms with Crippen molar-refractivity contribution in [1.82, 2.24) is 5.32 Å². The minimum absolute atomic E-state index is 0.127. The van der Waals surface area contributed by atoms with Crippen molar-refractivity contribution < 1.29 is 19.9 Å². The molecule has 0 heterocycles. The van der Waals surface area contributed by atoms with Gasteiger partial charge in [0.05, 0.1) is 24.2 Å². The largest absolute Gasteiger partial charge is 0.496 e. The number of non-ortho nitro benzene ring substituents is 1. The second-order valence-corrected chi connectivity index (χ2v) is 4.09. The summed E-state index contributed by atoms with van der Waals surface area (Å²) in [4.78, 5) is 10.1. The second-order valence-electron chi connectivity index (χ2n) is 4.09. The van der Waals surface area contributed by atoms with Crippen molar-refractivity contribution >= 4 is 5.69 Å². The molecule has 3 N–H and O–H groups in total. The van der Waals surface area contributed by atoms with E-state index in [0.29, 0.717) is 18.5 Å². The summed E-state index contributed by atoms with van der Waals surface area (Å²) in [6.07, 6.45) is -1.76. The summed E-state index contributed by atoms with van der Waals surface area (Å²) in [5.41, 5.74) is 0.203. The van der Waals surface area contributed by atoms with Crippen LogP contribution in [0, 0.1) is 10.1 Å². The lowest BCUT2D eigenvalue weighted by molar-refractivity contribution is -0.385. The Balaban J connectivity index is 2.95. The Morgan fingerprint density at radius 1 is 1.47 bits per heavy atom. The molecule has 106 valence electrons. The molecule has 0 aliphatic carbocycles. The van der Waals surface area contributed by atoms with Crippen molar-refractivity contribution in [2.75, 3.05) is 20.7 Å². The quantitative estimate of drug-likeness (QED) is 0.495. The van der Waals surface area contributed by atoms with Crippen molar-refractivity contribution in [3.8, 4) is 5.75 Å². The fourth-order valence-corrected chi connectivity index (χ4v) is 1.72. The van der Waals surface area contributed by atoms with E-state index in [1.807, 2.05) is 0 Å². The van der Waals surface area contributed by atoms with Crippen LogP contribution in [0.5, 0.6) is 5.75 Å². The number of rotatable bonds is 7. The van der Waals surface area contributed by atoms with Gasteiger partial charge in [0, 0.05) is 11.6 Å². The molecule has 7 heteroatoms. The number of nitro groups is 1. The number of nitro benzene ring substituents is 1. The van der Waals surface area contributed by atoms with Crippen molar-refractivity contribution in [3.05, 3.63) is 33.9 Å². The Morgan fingerprint density at radius 2 is 2.16 bits per heavy atom. The van der Waals surface area contributed by atoms with Crippen LogP contribution in [-0.2, 0) is 0 Å². The molecule has 2 atom stereocenters. The molecule has 0 bridgehead atoms. The summed E-state index contributed by atoms with van der Waals surface area (Å²) >= 11 is 0. The number of hydrogen-bond acceptors (Lipinski definition) is 6. The average Bonchev–Trinajstić information content (AvgIpc) is 2.42. The zero-order chi connectivity index (χ0) is 14.4. The fourth-order valence-electron chi connectivity index (χ4n) is 1.72. The molecule has 19 heavy (non-hydrogen) atoms. The highest BCUT2D eigenvalue weighted by Crippen LogP contribution is 2.31. The van der Waals surface area contributed by atoms with E-state index in [4.69, 9.17) is 4.74 Å². The van der Waals surface area contributed by atoms with E-state index in [9.17, 15) is 20.3 Å². The molecule has 0 amide bonds. The third-order valence-electron chi connectivity index (χ3n) is 2.80. The Labute approximate surface area is 111 Å². The molecule has 1 aromatic carbocycles. The van der Waals surface area contributed by atoms with Gasteiger partial charge >= 0.3 is 0 Å². The highest BCUT2D eigenvalue weighted by atomic mass is 16.6. The number of aliphatic hydroxyl groups excluding tert-OH is 2. The molecular formula is C12H18N2O5. The number of nitrogens with one attached hydrogen (secondary N) is 1. The smallest absolute Gasteiger partial charge is 0.273 e. The highest BCUT2D eigenvalue weighted by Gasteiger charge is 2.23. The SMILES string of the molecule is CNCCC(O)C(O)c1ccc([N+](=O)[O-])cc1OC. The Kier molecular flexibility index (Phi) is 5.68. The molecule has 0 saturated carbocycles. The Morgan fingerprint density at radius 3 is 2.68 bits per heavy atom. The molecular weight excluding hydrogens is 252 g/mol. The van der Waals surface area contributed by atoms with Crippen molar-refractivity contribution in [2.24, 2.45) is 0 Å². The first-order chi connectivity index (χ1) is 9.01. The van der Waals surface area contributed by atoms with Crippen LogP contribution < -0.4 is 10.1 Å².